The Hall–Kier alpha value is -0.260. The summed E-state index contributed by atoms with van der Waals surface area (Å²) in [6.45, 7) is 6.72. The molecular formula is C13H26. The van der Waals surface area contributed by atoms with Gasteiger partial charge in [-0.3, -0.25) is 0 Å². The first kappa shape index (κ1) is 12.7. The van der Waals surface area contributed by atoms with Crippen LogP contribution in [0.4, 0.5) is 0 Å². The highest BCUT2D eigenvalue weighted by atomic mass is 14.0. The van der Waals surface area contributed by atoms with Crippen LogP contribution in [-0.2, 0) is 0 Å². The molecule has 0 aromatic heterocycles. The average molecular weight is 182 g/mol. The predicted molar refractivity (Wildman–Crippen MR) is 62.0 cm³/mol. The highest BCUT2D eigenvalue weighted by Crippen LogP contribution is 2.11. The van der Waals surface area contributed by atoms with Crippen LogP contribution in [0.3, 0.4) is 0 Å². The molecule has 78 valence electrons. The summed E-state index contributed by atoms with van der Waals surface area (Å²) >= 11 is 0. The molecule has 0 fully saturated rings. The van der Waals surface area contributed by atoms with Crippen molar-refractivity contribution in [2.24, 2.45) is 5.92 Å². The van der Waals surface area contributed by atoms with Crippen molar-refractivity contribution in [2.75, 3.05) is 0 Å². The maximum atomic E-state index is 2.31. The van der Waals surface area contributed by atoms with Gasteiger partial charge < -0.3 is 0 Å². The monoisotopic (exact) mass is 182 g/mol. The molecule has 0 aliphatic carbocycles. The SMILES string of the molecule is C/C=C\CCCCCCCC(C)C. The van der Waals surface area contributed by atoms with E-state index in [1.54, 1.807) is 0 Å². The van der Waals surface area contributed by atoms with E-state index in [9.17, 15) is 0 Å². The second-order valence-corrected chi connectivity index (χ2v) is 4.31. The molecule has 0 rings (SSSR count). The van der Waals surface area contributed by atoms with Crippen LogP contribution in [0.5, 0.6) is 0 Å². The lowest BCUT2D eigenvalue weighted by atomic mass is 10.0. The second kappa shape index (κ2) is 9.83. The smallest absolute Gasteiger partial charge is 0.0351 e. The molecule has 0 heterocycles. The summed E-state index contributed by atoms with van der Waals surface area (Å²) in [4.78, 5) is 0. The minimum Gasteiger partial charge on any atom is -0.0917 e. The Morgan fingerprint density at radius 3 is 2.15 bits per heavy atom. The molecule has 0 saturated heterocycles. The lowest BCUT2D eigenvalue weighted by Crippen LogP contribution is -1.86. The number of unbranched alkanes of at least 4 members (excludes halogenated alkanes) is 5. The summed E-state index contributed by atoms with van der Waals surface area (Å²) < 4.78 is 0. The van der Waals surface area contributed by atoms with Crippen molar-refractivity contribution in [1.82, 2.24) is 0 Å². The zero-order valence-corrected chi connectivity index (χ0v) is 9.68. The lowest BCUT2D eigenvalue weighted by Gasteiger charge is -2.03. The van der Waals surface area contributed by atoms with Crippen molar-refractivity contribution in [3.8, 4) is 0 Å². The van der Waals surface area contributed by atoms with Gasteiger partial charge in [0.05, 0.1) is 0 Å². The van der Waals surface area contributed by atoms with Gasteiger partial charge in [0, 0.05) is 0 Å². The molecule has 0 spiro atoms. The molecule has 0 aromatic carbocycles. The van der Waals surface area contributed by atoms with Gasteiger partial charge >= 0.3 is 0 Å². The first-order valence-corrected chi connectivity index (χ1v) is 5.88. The molecule has 0 atom stereocenters. The van der Waals surface area contributed by atoms with Gasteiger partial charge in [0.2, 0.25) is 0 Å². The summed E-state index contributed by atoms with van der Waals surface area (Å²) in [6, 6.07) is 0. The van der Waals surface area contributed by atoms with Gasteiger partial charge in [-0.25, -0.2) is 0 Å². The third kappa shape index (κ3) is 11.7. The van der Waals surface area contributed by atoms with Crippen molar-refractivity contribution >= 4 is 0 Å². The van der Waals surface area contributed by atoms with E-state index < -0.39 is 0 Å². The molecule has 0 saturated carbocycles. The molecule has 0 bridgehead atoms. The molecule has 0 N–H and O–H groups in total. The topological polar surface area (TPSA) is 0 Å². The molecule has 0 aliphatic heterocycles. The molecule has 0 aliphatic rings. The Bertz CT molecular complexity index is 111. The Morgan fingerprint density at radius 1 is 0.923 bits per heavy atom. The van der Waals surface area contributed by atoms with Gasteiger partial charge in [0.25, 0.3) is 0 Å². The van der Waals surface area contributed by atoms with Gasteiger partial charge in [-0.2, -0.15) is 0 Å². The quantitative estimate of drug-likeness (QED) is 0.368. The Labute approximate surface area is 84.4 Å². The number of allylic oxidation sites excluding steroid dienone is 2. The Balaban J connectivity index is 2.91. The third-order valence-corrected chi connectivity index (χ3v) is 2.39. The zero-order chi connectivity index (χ0) is 9.94. The summed E-state index contributed by atoms with van der Waals surface area (Å²) in [5.41, 5.74) is 0. The van der Waals surface area contributed by atoms with Gasteiger partial charge in [-0.05, 0) is 25.7 Å². The maximum Gasteiger partial charge on any atom is -0.0351 e. The van der Waals surface area contributed by atoms with E-state index in [2.05, 4.69) is 32.9 Å². The highest BCUT2D eigenvalue weighted by Gasteiger charge is 1.93. The van der Waals surface area contributed by atoms with Crippen molar-refractivity contribution in [3.63, 3.8) is 0 Å². The van der Waals surface area contributed by atoms with E-state index in [0.717, 1.165) is 5.92 Å². The van der Waals surface area contributed by atoms with E-state index in [1.807, 2.05) is 0 Å². The molecule has 13 heavy (non-hydrogen) atoms. The minimum absolute atomic E-state index is 0.892. The van der Waals surface area contributed by atoms with Crippen molar-refractivity contribution in [2.45, 2.75) is 65.7 Å². The summed E-state index contributed by atoms with van der Waals surface area (Å²) in [5.74, 6) is 0.892. The predicted octanol–water partition coefficient (Wildman–Crippen LogP) is 4.95. The van der Waals surface area contributed by atoms with Crippen LogP contribution in [-0.4, -0.2) is 0 Å². The molecule has 0 amide bonds. The number of hydrogen-bond donors (Lipinski definition) is 0. The normalized spacial score (nSPS) is 11.7. The average Bonchev–Trinajstić information content (AvgIpc) is 2.09. The molecular weight excluding hydrogens is 156 g/mol. The van der Waals surface area contributed by atoms with Crippen LogP contribution in [0.15, 0.2) is 12.2 Å². The summed E-state index contributed by atoms with van der Waals surface area (Å²) in [7, 11) is 0. The molecule has 0 heteroatoms. The fourth-order valence-electron chi connectivity index (χ4n) is 1.51. The maximum absolute atomic E-state index is 2.31. The van der Waals surface area contributed by atoms with Crippen LogP contribution in [0.25, 0.3) is 0 Å². The highest BCUT2D eigenvalue weighted by molar-refractivity contribution is 4.76. The summed E-state index contributed by atoms with van der Waals surface area (Å²) in [5, 5.41) is 0. The minimum atomic E-state index is 0.892. The molecule has 0 radical (unpaired) electrons. The van der Waals surface area contributed by atoms with E-state index >= 15 is 0 Å². The zero-order valence-electron chi connectivity index (χ0n) is 9.68. The standard InChI is InChI=1S/C13H26/c1-4-5-6-7-8-9-10-11-12-13(2)3/h4-5,13H,6-12H2,1-3H3/b5-4-. The summed E-state index contributed by atoms with van der Waals surface area (Å²) in [6.07, 6.45) is 14.2. The number of hydrogen-bond acceptors (Lipinski definition) is 0. The van der Waals surface area contributed by atoms with Crippen LogP contribution < -0.4 is 0 Å². The van der Waals surface area contributed by atoms with Gasteiger partial charge in [-0.15, -0.1) is 0 Å². The van der Waals surface area contributed by atoms with E-state index in [4.69, 9.17) is 0 Å². The van der Waals surface area contributed by atoms with Gasteiger partial charge in [0.15, 0.2) is 0 Å². The van der Waals surface area contributed by atoms with Crippen LogP contribution in [0.1, 0.15) is 65.7 Å². The fourth-order valence-corrected chi connectivity index (χ4v) is 1.51. The first-order valence-electron chi connectivity index (χ1n) is 5.88. The van der Waals surface area contributed by atoms with Crippen LogP contribution >= 0.6 is 0 Å². The van der Waals surface area contributed by atoms with Gasteiger partial charge in [0.1, 0.15) is 0 Å². The largest absolute Gasteiger partial charge is 0.0917 e. The Morgan fingerprint density at radius 2 is 1.54 bits per heavy atom. The van der Waals surface area contributed by atoms with Crippen molar-refractivity contribution in [3.05, 3.63) is 12.2 Å². The van der Waals surface area contributed by atoms with Gasteiger partial charge in [-0.1, -0.05) is 58.1 Å². The molecule has 0 nitrogen and oxygen atoms in total. The Kier molecular flexibility index (Phi) is 9.63. The van der Waals surface area contributed by atoms with E-state index in [0.29, 0.717) is 0 Å². The molecule has 0 aromatic rings. The number of rotatable bonds is 8. The third-order valence-electron chi connectivity index (χ3n) is 2.39. The molecule has 0 unspecified atom stereocenters. The first-order chi connectivity index (χ1) is 6.27. The van der Waals surface area contributed by atoms with Crippen LogP contribution in [0.2, 0.25) is 0 Å². The van der Waals surface area contributed by atoms with Crippen molar-refractivity contribution in [1.29, 1.82) is 0 Å². The van der Waals surface area contributed by atoms with E-state index in [1.165, 1.54) is 44.9 Å². The fraction of sp³-hybridized carbons (Fsp3) is 0.846. The lowest BCUT2D eigenvalue weighted by molar-refractivity contribution is 0.516. The van der Waals surface area contributed by atoms with Crippen molar-refractivity contribution < 1.29 is 0 Å². The van der Waals surface area contributed by atoms with E-state index in [-0.39, 0.29) is 0 Å². The second-order valence-electron chi connectivity index (χ2n) is 4.31. The van der Waals surface area contributed by atoms with Crippen LogP contribution in [0, 0.1) is 5.92 Å².